The van der Waals surface area contributed by atoms with Crippen LogP contribution in [0.15, 0.2) is 24.3 Å². The molecule has 0 spiro atoms. The van der Waals surface area contributed by atoms with E-state index in [0.29, 0.717) is 3.57 Å². The first kappa shape index (κ1) is 12.0. The van der Waals surface area contributed by atoms with E-state index in [-0.39, 0.29) is 0 Å². The summed E-state index contributed by atoms with van der Waals surface area (Å²) in [5.74, 6) is -2.13. The number of hydrogen-bond donors (Lipinski definition) is 0. The zero-order valence-electron chi connectivity index (χ0n) is 6.69. The van der Waals surface area contributed by atoms with E-state index in [1.807, 2.05) is 22.6 Å². The van der Waals surface area contributed by atoms with Crippen molar-refractivity contribution in [3.8, 4) is 0 Å². The molecule has 0 bridgehead atoms. The third-order valence-electron chi connectivity index (χ3n) is 1.35. The summed E-state index contributed by atoms with van der Waals surface area (Å²) in [5, 5.41) is 0. The summed E-state index contributed by atoms with van der Waals surface area (Å²) < 4.78 is 60.7. The molecule has 1 rings (SSSR count). The quantitative estimate of drug-likeness (QED) is 0.518. The lowest BCUT2D eigenvalue weighted by Crippen LogP contribution is -2.08. The molecule has 0 aliphatic heterocycles. The molecule has 0 aliphatic rings. The van der Waals surface area contributed by atoms with Crippen LogP contribution in [0.5, 0.6) is 0 Å². The molecule has 0 saturated heterocycles. The van der Waals surface area contributed by atoms with Gasteiger partial charge in [0.1, 0.15) is 5.75 Å². The highest BCUT2D eigenvalue weighted by molar-refractivity contribution is 14.1. The summed E-state index contributed by atoms with van der Waals surface area (Å²) in [6, 6.07) is 4.83. The van der Waals surface area contributed by atoms with Crippen molar-refractivity contribution in [1.82, 2.24) is 0 Å². The van der Waals surface area contributed by atoms with E-state index >= 15 is 0 Å². The van der Waals surface area contributed by atoms with Gasteiger partial charge in [-0.15, -0.1) is 0 Å². The van der Waals surface area contributed by atoms with E-state index in [9.17, 15) is 19.4 Å². The Kier molecular flexibility index (Phi) is 2.36. The van der Waals surface area contributed by atoms with Crippen LogP contribution in [0.4, 0.5) is 19.4 Å². The van der Waals surface area contributed by atoms with E-state index in [4.69, 9.17) is 0 Å². The minimum atomic E-state index is -9.31. The molecular formula is C7H6F5IS. The highest BCUT2D eigenvalue weighted by Gasteiger charge is 2.62. The Morgan fingerprint density at radius 3 is 1.71 bits per heavy atom. The van der Waals surface area contributed by atoms with Crippen molar-refractivity contribution in [3.63, 3.8) is 0 Å². The topological polar surface area (TPSA) is 0 Å². The van der Waals surface area contributed by atoms with Crippen LogP contribution in [0, 0.1) is 3.57 Å². The molecule has 7 heteroatoms. The van der Waals surface area contributed by atoms with Gasteiger partial charge in [0.05, 0.1) is 0 Å². The minimum Gasteiger partial charge on any atom is -0.0975 e. The van der Waals surface area contributed by atoms with Crippen molar-refractivity contribution in [2.24, 2.45) is 0 Å². The van der Waals surface area contributed by atoms with Gasteiger partial charge in [-0.1, -0.05) is 31.6 Å². The predicted octanol–water partition coefficient (Wildman–Crippen LogP) is 5.09. The van der Waals surface area contributed by atoms with Gasteiger partial charge in [0, 0.05) is 3.57 Å². The second-order valence-corrected chi connectivity index (χ2v) is 6.69. The van der Waals surface area contributed by atoms with Gasteiger partial charge in [-0.2, -0.15) is 0 Å². The molecule has 0 fully saturated rings. The van der Waals surface area contributed by atoms with Crippen molar-refractivity contribution < 1.29 is 19.4 Å². The average Bonchev–Trinajstić information content (AvgIpc) is 1.88. The highest BCUT2D eigenvalue weighted by Crippen LogP contribution is 2.99. The first-order valence-electron chi connectivity index (χ1n) is 3.42. The van der Waals surface area contributed by atoms with Crippen molar-refractivity contribution >= 4 is 32.8 Å². The monoisotopic (exact) mass is 344 g/mol. The predicted molar refractivity (Wildman–Crippen MR) is 56.0 cm³/mol. The Morgan fingerprint density at radius 1 is 0.929 bits per heavy atom. The molecular weight excluding hydrogens is 338 g/mol. The minimum absolute atomic E-state index is 0.412. The third kappa shape index (κ3) is 4.99. The molecule has 0 radical (unpaired) electrons. The molecule has 0 aliphatic carbocycles. The summed E-state index contributed by atoms with van der Waals surface area (Å²) in [7, 11) is -9.31. The molecule has 0 unspecified atom stereocenters. The largest absolute Gasteiger partial charge is 0.289 e. The standard InChI is InChI=1S/C7H6F5IS/c8-14(9,10,11,12)5-6-1-3-7(13)4-2-6/h1-4H,5H2. The smallest absolute Gasteiger partial charge is 0.0975 e. The fourth-order valence-electron chi connectivity index (χ4n) is 0.896. The summed E-state index contributed by atoms with van der Waals surface area (Å²) in [4.78, 5) is 0. The second kappa shape index (κ2) is 2.75. The number of halogens is 6. The van der Waals surface area contributed by atoms with Crippen LogP contribution in [0.2, 0.25) is 0 Å². The Balaban J connectivity index is 2.97. The lowest BCUT2D eigenvalue weighted by atomic mass is 10.2. The van der Waals surface area contributed by atoms with E-state index < -0.39 is 21.5 Å². The molecule has 14 heavy (non-hydrogen) atoms. The fraction of sp³-hybridized carbons (Fsp3) is 0.143. The molecule has 0 nitrogen and oxygen atoms in total. The Morgan fingerprint density at radius 2 is 1.36 bits per heavy atom. The van der Waals surface area contributed by atoms with Crippen molar-refractivity contribution in [3.05, 3.63) is 33.4 Å². The molecule has 0 amide bonds. The summed E-state index contributed by atoms with van der Waals surface area (Å²) in [5.41, 5.74) is -0.412. The van der Waals surface area contributed by atoms with Gasteiger partial charge in [-0.25, -0.2) is 0 Å². The summed E-state index contributed by atoms with van der Waals surface area (Å²) in [6.07, 6.45) is 0. The van der Waals surface area contributed by atoms with Gasteiger partial charge in [-0.05, 0) is 40.3 Å². The van der Waals surface area contributed by atoms with Crippen LogP contribution in [-0.4, -0.2) is 0 Å². The molecule has 82 valence electrons. The van der Waals surface area contributed by atoms with Gasteiger partial charge >= 0.3 is 0 Å². The maximum Gasteiger partial charge on any atom is 0.289 e. The summed E-state index contributed by atoms with van der Waals surface area (Å²) in [6.45, 7) is 0. The second-order valence-electron chi connectivity index (χ2n) is 2.90. The zero-order chi connectivity index (χ0) is 11.1. The van der Waals surface area contributed by atoms with Gasteiger partial charge in [0.25, 0.3) is 10.2 Å². The van der Waals surface area contributed by atoms with Crippen LogP contribution in [0.25, 0.3) is 0 Å². The molecule has 1 aromatic rings. The lowest BCUT2D eigenvalue weighted by Gasteiger charge is -2.40. The van der Waals surface area contributed by atoms with Crippen molar-refractivity contribution in [2.75, 3.05) is 0 Å². The number of benzene rings is 1. The van der Waals surface area contributed by atoms with Crippen LogP contribution in [0.1, 0.15) is 5.56 Å². The van der Waals surface area contributed by atoms with Crippen LogP contribution in [-0.2, 0) is 5.75 Å². The van der Waals surface area contributed by atoms with E-state index in [1.165, 1.54) is 12.1 Å². The van der Waals surface area contributed by atoms with E-state index in [0.717, 1.165) is 12.1 Å². The Hall–Kier alpha value is -0.0500. The maximum absolute atomic E-state index is 12.0. The lowest BCUT2D eigenvalue weighted by molar-refractivity contribution is 0.362. The van der Waals surface area contributed by atoms with Crippen molar-refractivity contribution in [1.29, 1.82) is 0 Å². The van der Waals surface area contributed by atoms with Gasteiger partial charge < -0.3 is 0 Å². The SMILES string of the molecule is FS(F)(F)(F)(F)Cc1ccc(I)cc1. The van der Waals surface area contributed by atoms with Crippen LogP contribution >= 0.6 is 32.8 Å². The fourth-order valence-corrected chi connectivity index (χ4v) is 2.08. The van der Waals surface area contributed by atoms with Crippen LogP contribution in [0.3, 0.4) is 0 Å². The first-order chi connectivity index (χ1) is 5.95. The van der Waals surface area contributed by atoms with Gasteiger partial charge in [0.2, 0.25) is 0 Å². The average molecular weight is 344 g/mol. The van der Waals surface area contributed by atoms with E-state index in [1.54, 1.807) is 0 Å². The molecule has 0 aromatic heterocycles. The molecule has 0 N–H and O–H groups in total. The Labute approximate surface area is 91.4 Å². The third-order valence-corrected chi connectivity index (χ3v) is 2.95. The van der Waals surface area contributed by atoms with E-state index in [2.05, 4.69) is 0 Å². The summed E-state index contributed by atoms with van der Waals surface area (Å²) >= 11 is 1.88. The zero-order valence-corrected chi connectivity index (χ0v) is 9.67. The van der Waals surface area contributed by atoms with Crippen molar-refractivity contribution in [2.45, 2.75) is 5.75 Å². The first-order valence-corrected chi connectivity index (χ1v) is 6.62. The molecule has 0 saturated carbocycles. The number of hydrogen-bond acceptors (Lipinski definition) is 0. The molecule has 1 aromatic carbocycles. The Bertz CT molecular complexity index is 339. The normalized spacial score (nSPS) is 17.3. The molecule has 0 heterocycles. The molecule has 0 atom stereocenters. The van der Waals surface area contributed by atoms with Crippen LogP contribution < -0.4 is 0 Å². The van der Waals surface area contributed by atoms with Gasteiger partial charge in [0.15, 0.2) is 0 Å². The highest BCUT2D eigenvalue weighted by atomic mass is 127. The van der Waals surface area contributed by atoms with Gasteiger partial charge in [-0.3, -0.25) is 0 Å². The number of rotatable bonds is 2. The maximum atomic E-state index is 12.0.